The van der Waals surface area contributed by atoms with Crippen LogP contribution in [0.5, 0.6) is 0 Å². The average Bonchev–Trinajstić information content (AvgIpc) is 2.35. The molecule has 2 aromatic carbocycles. The minimum Gasteiger partial charge on any atom is -0.271 e. The van der Waals surface area contributed by atoms with Gasteiger partial charge < -0.3 is 0 Å². The van der Waals surface area contributed by atoms with Gasteiger partial charge >= 0.3 is 0 Å². The van der Waals surface area contributed by atoms with E-state index in [0.29, 0.717) is 10.6 Å². The summed E-state index contributed by atoms with van der Waals surface area (Å²) in [6.45, 7) is 0. The van der Waals surface area contributed by atoms with Crippen molar-refractivity contribution in [2.75, 3.05) is 0 Å². The Labute approximate surface area is 122 Å². The van der Waals surface area contributed by atoms with Crippen LogP contribution in [0, 0.1) is 11.6 Å². The van der Waals surface area contributed by atoms with Crippen molar-refractivity contribution in [2.24, 2.45) is 5.84 Å². The molecule has 3 N–H and O–H groups in total. The van der Waals surface area contributed by atoms with Crippen LogP contribution in [0.1, 0.15) is 17.2 Å². The highest BCUT2D eigenvalue weighted by Gasteiger charge is 2.22. The van der Waals surface area contributed by atoms with Gasteiger partial charge in [0.1, 0.15) is 11.6 Å². The van der Waals surface area contributed by atoms with Crippen molar-refractivity contribution in [2.45, 2.75) is 6.04 Å². The lowest BCUT2D eigenvalue weighted by Crippen LogP contribution is -2.30. The third-order valence-electron chi connectivity index (χ3n) is 2.73. The third-order valence-corrected chi connectivity index (χ3v) is 3.55. The second-order valence-corrected chi connectivity index (χ2v) is 5.22. The molecule has 6 heteroatoms. The number of benzene rings is 2. The quantitative estimate of drug-likeness (QED) is 0.652. The largest absolute Gasteiger partial charge is 0.271 e. The Morgan fingerprint density at radius 2 is 1.79 bits per heavy atom. The van der Waals surface area contributed by atoms with E-state index in [2.05, 4.69) is 21.4 Å². The highest BCUT2D eigenvalue weighted by atomic mass is 79.9. The molecule has 2 rings (SSSR count). The number of nitrogens with one attached hydrogen (secondary N) is 1. The summed E-state index contributed by atoms with van der Waals surface area (Å²) in [6.07, 6.45) is 0. The molecule has 0 bridgehead atoms. The first kappa shape index (κ1) is 14.4. The van der Waals surface area contributed by atoms with Crippen LogP contribution in [0.25, 0.3) is 0 Å². The molecule has 0 saturated heterocycles. The lowest BCUT2D eigenvalue weighted by molar-refractivity contribution is 0.510. The third kappa shape index (κ3) is 2.95. The van der Waals surface area contributed by atoms with E-state index in [4.69, 9.17) is 17.4 Å². The summed E-state index contributed by atoms with van der Waals surface area (Å²) in [5.74, 6) is 4.07. The van der Waals surface area contributed by atoms with Crippen LogP contribution in [-0.4, -0.2) is 0 Å². The smallest absolute Gasteiger partial charge is 0.131 e. The van der Waals surface area contributed by atoms with Gasteiger partial charge in [-0.3, -0.25) is 5.84 Å². The topological polar surface area (TPSA) is 38.0 Å². The highest BCUT2D eigenvalue weighted by molar-refractivity contribution is 9.10. The second-order valence-electron chi connectivity index (χ2n) is 3.90. The standard InChI is InChI=1S/C13H10BrClF2N2/c14-7-4-5-8(9(15)6-7)13(19-18)12-10(16)2-1-3-11(12)17/h1-6,13,19H,18H2. The van der Waals surface area contributed by atoms with E-state index in [1.165, 1.54) is 18.2 Å². The predicted molar refractivity (Wildman–Crippen MR) is 74.7 cm³/mol. The average molecular weight is 348 g/mol. The van der Waals surface area contributed by atoms with E-state index < -0.39 is 17.7 Å². The lowest BCUT2D eigenvalue weighted by atomic mass is 9.98. The molecule has 2 aromatic rings. The van der Waals surface area contributed by atoms with Crippen molar-refractivity contribution in [3.05, 3.63) is 68.7 Å². The van der Waals surface area contributed by atoms with Crippen LogP contribution >= 0.6 is 27.5 Å². The molecule has 1 unspecified atom stereocenters. The van der Waals surface area contributed by atoms with Crippen LogP contribution in [0.2, 0.25) is 5.02 Å². The molecule has 1 atom stereocenters. The SMILES string of the molecule is NNC(c1ccc(Br)cc1Cl)c1c(F)cccc1F. The van der Waals surface area contributed by atoms with Crippen molar-refractivity contribution in [3.63, 3.8) is 0 Å². The molecule has 19 heavy (non-hydrogen) atoms. The van der Waals surface area contributed by atoms with Crippen molar-refractivity contribution in [1.82, 2.24) is 5.43 Å². The minimum atomic E-state index is -0.859. The summed E-state index contributed by atoms with van der Waals surface area (Å²) < 4.78 is 28.4. The molecule has 0 saturated carbocycles. The fraction of sp³-hybridized carbons (Fsp3) is 0.0769. The van der Waals surface area contributed by atoms with E-state index >= 15 is 0 Å². The van der Waals surface area contributed by atoms with Gasteiger partial charge in [-0.2, -0.15) is 0 Å². The molecular weight excluding hydrogens is 338 g/mol. The fourth-order valence-electron chi connectivity index (χ4n) is 1.85. The van der Waals surface area contributed by atoms with Crippen molar-refractivity contribution in [1.29, 1.82) is 0 Å². The Bertz CT molecular complexity index is 587. The Morgan fingerprint density at radius 3 is 2.32 bits per heavy atom. The number of rotatable bonds is 3. The van der Waals surface area contributed by atoms with E-state index in [-0.39, 0.29) is 5.56 Å². The van der Waals surface area contributed by atoms with Gasteiger partial charge in [-0.25, -0.2) is 14.2 Å². The van der Waals surface area contributed by atoms with Crippen molar-refractivity contribution in [3.8, 4) is 0 Å². The first-order valence-electron chi connectivity index (χ1n) is 5.39. The van der Waals surface area contributed by atoms with Gasteiger partial charge in [0.2, 0.25) is 0 Å². The van der Waals surface area contributed by atoms with Crippen LogP contribution in [0.3, 0.4) is 0 Å². The molecule has 0 heterocycles. The molecule has 2 nitrogen and oxygen atoms in total. The van der Waals surface area contributed by atoms with Gasteiger partial charge in [0, 0.05) is 15.1 Å². The minimum absolute atomic E-state index is 0.158. The zero-order valence-electron chi connectivity index (χ0n) is 9.63. The molecule has 0 fully saturated rings. The van der Waals surface area contributed by atoms with Gasteiger partial charge in [-0.15, -0.1) is 0 Å². The van der Waals surface area contributed by atoms with Crippen LogP contribution < -0.4 is 11.3 Å². The Kier molecular flexibility index (Phi) is 4.52. The first-order chi connectivity index (χ1) is 9.04. The fourth-order valence-corrected chi connectivity index (χ4v) is 2.63. The molecular formula is C13H10BrClF2N2. The van der Waals surface area contributed by atoms with E-state index in [0.717, 1.165) is 4.47 Å². The molecule has 0 aliphatic rings. The van der Waals surface area contributed by atoms with Crippen LogP contribution in [-0.2, 0) is 0 Å². The zero-order valence-corrected chi connectivity index (χ0v) is 12.0. The van der Waals surface area contributed by atoms with E-state index in [1.807, 2.05) is 0 Å². The molecule has 0 aliphatic heterocycles. The van der Waals surface area contributed by atoms with Crippen LogP contribution in [0.15, 0.2) is 40.9 Å². The molecule has 0 aliphatic carbocycles. The molecule has 0 aromatic heterocycles. The number of halogens is 4. The van der Waals surface area contributed by atoms with E-state index in [9.17, 15) is 8.78 Å². The molecule has 0 amide bonds. The second kappa shape index (κ2) is 5.96. The number of hydrazine groups is 1. The number of hydrogen-bond acceptors (Lipinski definition) is 2. The normalized spacial score (nSPS) is 12.5. The molecule has 100 valence electrons. The Morgan fingerprint density at radius 1 is 1.16 bits per heavy atom. The predicted octanol–water partition coefficient (Wildman–Crippen LogP) is 3.93. The zero-order chi connectivity index (χ0) is 14.0. The van der Waals surface area contributed by atoms with Crippen molar-refractivity contribution >= 4 is 27.5 Å². The maximum absolute atomic E-state index is 13.8. The maximum Gasteiger partial charge on any atom is 0.131 e. The van der Waals surface area contributed by atoms with E-state index in [1.54, 1.807) is 18.2 Å². The summed E-state index contributed by atoms with van der Waals surface area (Å²) in [4.78, 5) is 0. The van der Waals surface area contributed by atoms with Gasteiger partial charge in [0.25, 0.3) is 0 Å². The summed E-state index contributed by atoms with van der Waals surface area (Å²) in [6, 6.07) is 7.81. The van der Waals surface area contributed by atoms with Gasteiger partial charge in [-0.05, 0) is 29.8 Å². The molecule has 0 spiro atoms. The van der Waals surface area contributed by atoms with Gasteiger partial charge in [-0.1, -0.05) is 39.7 Å². The summed E-state index contributed by atoms with van der Waals surface area (Å²) in [5, 5.41) is 0.361. The van der Waals surface area contributed by atoms with Gasteiger partial charge in [0.15, 0.2) is 0 Å². The van der Waals surface area contributed by atoms with Gasteiger partial charge in [0.05, 0.1) is 6.04 Å². The summed E-state index contributed by atoms with van der Waals surface area (Å²) >= 11 is 9.36. The Hall–Kier alpha value is -1.01. The lowest BCUT2D eigenvalue weighted by Gasteiger charge is -2.19. The maximum atomic E-state index is 13.8. The van der Waals surface area contributed by atoms with Crippen LogP contribution in [0.4, 0.5) is 8.78 Å². The Balaban J connectivity index is 2.56. The number of nitrogens with two attached hydrogens (primary N) is 1. The van der Waals surface area contributed by atoms with Crippen molar-refractivity contribution < 1.29 is 8.78 Å². The first-order valence-corrected chi connectivity index (χ1v) is 6.56. The highest BCUT2D eigenvalue weighted by Crippen LogP contribution is 2.32. The molecule has 0 radical (unpaired) electrons. The summed E-state index contributed by atoms with van der Waals surface area (Å²) in [5.41, 5.74) is 2.74. The number of hydrogen-bond donors (Lipinski definition) is 2. The summed E-state index contributed by atoms with van der Waals surface area (Å²) in [7, 11) is 0. The monoisotopic (exact) mass is 346 g/mol.